The number of benzene rings is 1. The van der Waals surface area contributed by atoms with Crippen LogP contribution in [0.5, 0.6) is 0 Å². The van der Waals surface area contributed by atoms with Gasteiger partial charge in [0.1, 0.15) is 18.3 Å². The zero-order valence-corrected chi connectivity index (χ0v) is 21.1. The molecule has 38 heavy (non-hydrogen) atoms. The Kier molecular flexibility index (Phi) is 8.86. The molecule has 3 aliphatic rings. The molecule has 0 spiro atoms. The van der Waals surface area contributed by atoms with Gasteiger partial charge in [-0.1, -0.05) is 37.3 Å². The Bertz CT molecular complexity index is 1040. The van der Waals surface area contributed by atoms with Gasteiger partial charge in [-0.2, -0.15) is 0 Å². The number of esters is 2. The minimum Gasteiger partial charge on any atom is -0.472 e. The molecule has 11 nitrogen and oxygen atoms in total. The summed E-state index contributed by atoms with van der Waals surface area (Å²) in [4.78, 5) is 25.1. The van der Waals surface area contributed by atoms with Crippen molar-refractivity contribution in [2.45, 2.75) is 56.3 Å². The number of carbonyl (C=O) groups is 2. The number of hydrogen-bond donors (Lipinski definition) is 5. The Balaban J connectivity index is 1.55. The van der Waals surface area contributed by atoms with Crippen molar-refractivity contribution in [1.82, 2.24) is 0 Å². The van der Waals surface area contributed by atoms with Crippen LogP contribution >= 0.6 is 0 Å². The van der Waals surface area contributed by atoms with Crippen LogP contribution in [0, 0.1) is 23.7 Å². The molecule has 4 rings (SSSR count). The standard InChI is InChI=1S/C27H34O11/c1-13-19-20(23(32)25(13)38-18(29)9-8-14-6-4-3-5-7-14)16(26(34)35-2)12-36-27(19)37-17-10-15(11-28)21(30)24(33)22(17)31/h3-9,12-13,15,17,19-25,27-28,30-33H,10-11H2,1-2H3. The number of aliphatic hydroxyl groups excluding tert-OH is 5. The van der Waals surface area contributed by atoms with E-state index in [0.29, 0.717) is 0 Å². The third-order valence-electron chi connectivity index (χ3n) is 7.77. The number of ether oxygens (including phenoxy) is 4. The summed E-state index contributed by atoms with van der Waals surface area (Å²) in [6.45, 7) is 1.29. The molecule has 0 bridgehead atoms. The Morgan fingerprint density at radius 1 is 1.05 bits per heavy atom. The van der Waals surface area contributed by atoms with Crippen LogP contribution in [0.3, 0.4) is 0 Å². The second-order valence-corrected chi connectivity index (χ2v) is 9.99. The van der Waals surface area contributed by atoms with E-state index in [1.54, 1.807) is 13.0 Å². The molecule has 1 heterocycles. The maximum Gasteiger partial charge on any atom is 0.337 e. The molecule has 11 atom stereocenters. The molecule has 11 unspecified atom stereocenters. The Hall–Kier alpha value is -2.80. The molecule has 2 fully saturated rings. The quantitative estimate of drug-likeness (QED) is 0.231. The SMILES string of the molecule is COC(=O)C1=COC(OC2CC(CO)C(O)C(O)C2O)C2C(C)C(OC(=O)C=Cc3ccccc3)C(O)C12. The molecule has 2 saturated carbocycles. The molecule has 11 heteroatoms. The van der Waals surface area contributed by atoms with Gasteiger partial charge in [0.05, 0.1) is 37.3 Å². The highest BCUT2D eigenvalue weighted by Gasteiger charge is 2.59. The van der Waals surface area contributed by atoms with Crippen molar-refractivity contribution in [3.63, 3.8) is 0 Å². The molecular weight excluding hydrogens is 500 g/mol. The predicted octanol–water partition coefficient (Wildman–Crippen LogP) is -0.252. The average molecular weight is 535 g/mol. The molecule has 1 aliphatic heterocycles. The van der Waals surface area contributed by atoms with Gasteiger partial charge in [-0.3, -0.25) is 0 Å². The van der Waals surface area contributed by atoms with Crippen molar-refractivity contribution < 1.29 is 54.1 Å². The number of aliphatic hydroxyl groups is 5. The Morgan fingerprint density at radius 3 is 2.42 bits per heavy atom. The van der Waals surface area contributed by atoms with Gasteiger partial charge in [0.15, 0.2) is 0 Å². The van der Waals surface area contributed by atoms with Crippen molar-refractivity contribution in [3.05, 3.63) is 53.8 Å². The zero-order chi connectivity index (χ0) is 27.6. The summed E-state index contributed by atoms with van der Waals surface area (Å²) in [5.41, 5.74) is 0.832. The van der Waals surface area contributed by atoms with Gasteiger partial charge in [-0.15, -0.1) is 0 Å². The van der Waals surface area contributed by atoms with Gasteiger partial charge in [0.25, 0.3) is 0 Å². The number of carbonyl (C=O) groups excluding carboxylic acids is 2. The van der Waals surface area contributed by atoms with Crippen LogP contribution in [-0.4, -0.2) is 94.1 Å². The second kappa shape index (κ2) is 11.9. The molecular formula is C27H34O11. The van der Waals surface area contributed by atoms with E-state index in [0.717, 1.165) is 11.8 Å². The summed E-state index contributed by atoms with van der Waals surface area (Å²) in [6, 6.07) is 9.13. The molecule has 0 saturated heterocycles. The van der Waals surface area contributed by atoms with Crippen LogP contribution in [0.15, 0.2) is 48.2 Å². The fourth-order valence-corrected chi connectivity index (χ4v) is 5.68. The van der Waals surface area contributed by atoms with E-state index >= 15 is 0 Å². The number of rotatable bonds is 7. The van der Waals surface area contributed by atoms with Gasteiger partial charge in [-0.25, -0.2) is 9.59 Å². The highest BCUT2D eigenvalue weighted by molar-refractivity contribution is 5.89. The lowest BCUT2D eigenvalue weighted by Crippen LogP contribution is -2.56. The third-order valence-corrected chi connectivity index (χ3v) is 7.77. The first-order valence-corrected chi connectivity index (χ1v) is 12.5. The molecule has 0 aromatic heterocycles. The van der Waals surface area contributed by atoms with Crippen molar-refractivity contribution in [1.29, 1.82) is 0 Å². The van der Waals surface area contributed by atoms with E-state index in [9.17, 15) is 35.1 Å². The molecule has 2 aliphatic carbocycles. The summed E-state index contributed by atoms with van der Waals surface area (Å²) in [5, 5.41) is 51.7. The molecule has 1 aromatic rings. The normalized spacial score (nSPS) is 38.7. The van der Waals surface area contributed by atoms with Gasteiger partial charge in [0.2, 0.25) is 6.29 Å². The molecule has 0 amide bonds. The molecule has 5 N–H and O–H groups in total. The summed E-state index contributed by atoms with van der Waals surface area (Å²) in [6.07, 6.45) is -4.82. The lowest BCUT2D eigenvalue weighted by molar-refractivity contribution is -0.248. The third kappa shape index (κ3) is 5.49. The van der Waals surface area contributed by atoms with Gasteiger partial charge in [0, 0.05) is 36.4 Å². The summed E-state index contributed by atoms with van der Waals surface area (Å²) >= 11 is 0. The van der Waals surface area contributed by atoms with Crippen molar-refractivity contribution in [3.8, 4) is 0 Å². The van der Waals surface area contributed by atoms with Crippen molar-refractivity contribution in [2.24, 2.45) is 23.7 Å². The van der Waals surface area contributed by atoms with Crippen LogP contribution in [0.2, 0.25) is 0 Å². The van der Waals surface area contributed by atoms with E-state index in [-0.39, 0.29) is 12.0 Å². The van der Waals surface area contributed by atoms with Crippen LogP contribution in [0.1, 0.15) is 18.9 Å². The lowest BCUT2D eigenvalue weighted by atomic mass is 9.80. The fourth-order valence-electron chi connectivity index (χ4n) is 5.68. The van der Waals surface area contributed by atoms with Crippen LogP contribution < -0.4 is 0 Å². The van der Waals surface area contributed by atoms with E-state index < -0.39 is 85.1 Å². The van der Waals surface area contributed by atoms with Crippen molar-refractivity contribution in [2.75, 3.05) is 13.7 Å². The van der Waals surface area contributed by atoms with E-state index in [1.165, 1.54) is 13.2 Å². The topological polar surface area (TPSA) is 172 Å². The number of fused-ring (bicyclic) bond motifs is 1. The van der Waals surface area contributed by atoms with Crippen LogP contribution in [0.25, 0.3) is 6.08 Å². The summed E-state index contributed by atoms with van der Waals surface area (Å²) in [5.74, 6) is -4.29. The lowest BCUT2D eigenvalue weighted by Gasteiger charge is -2.43. The Labute approximate surface area is 219 Å². The number of hydrogen-bond acceptors (Lipinski definition) is 11. The first kappa shape index (κ1) is 28.2. The summed E-state index contributed by atoms with van der Waals surface area (Å²) in [7, 11) is 1.19. The fraction of sp³-hybridized carbons (Fsp3) is 0.556. The molecule has 0 radical (unpaired) electrons. The van der Waals surface area contributed by atoms with Gasteiger partial charge in [-0.05, 0) is 18.1 Å². The monoisotopic (exact) mass is 534 g/mol. The largest absolute Gasteiger partial charge is 0.472 e. The minimum absolute atomic E-state index is 0.0281. The average Bonchev–Trinajstić information content (AvgIpc) is 3.17. The van der Waals surface area contributed by atoms with Crippen LogP contribution in [-0.2, 0) is 28.5 Å². The van der Waals surface area contributed by atoms with Gasteiger partial charge < -0.3 is 44.5 Å². The van der Waals surface area contributed by atoms with E-state index in [4.69, 9.17) is 18.9 Å². The molecule has 208 valence electrons. The molecule has 1 aromatic carbocycles. The smallest absolute Gasteiger partial charge is 0.337 e. The van der Waals surface area contributed by atoms with Crippen LogP contribution in [0.4, 0.5) is 0 Å². The first-order valence-electron chi connectivity index (χ1n) is 12.5. The first-order chi connectivity index (χ1) is 18.2. The van der Waals surface area contributed by atoms with Crippen molar-refractivity contribution >= 4 is 18.0 Å². The zero-order valence-electron chi connectivity index (χ0n) is 21.1. The highest BCUT2D eigenvalue weighted by atomic mass is 16.7. The Morgan fingerprint density at radius 2 is 1.76 bits per heavy atom. The van der Waals surface area contributed by atoms with E-state index in [1.807, 2.05) is 30.3 Å². The number of methoxy groups -OCH3 is 1. The second-order valence-electron chi connectivity index (χ2n) is 9.99. The highest BCUT2D eigenvalue weighted by Crippen LogP contribution is 2.49. The minimum atomic E-state index is -1.55. The maximum atomic E-state index is 12.6. The van der Waals surface area contributed by atoms with E-state index in [2.05, 4.69) is 0 Å². The summed E-state index contributed by atoms with van der Waals surface area (Å²) < 4.78 is 22.2. The van der Waals surface area contributed by atoms with Gasteiger partial charge >= 0.3 is 11.9 Å². The maximum absolute atomic E-state index is 12.6. The predicted molar refractivity (Wildman–Crippen MR) is 131 cm³/mol.